The van der Waals surface area contributed by atoms with Gasteiger partial charge >= 0.3 is 0 Å². The van der Waals surface area contributed by atoms with Crippen molar-refractivity contribution in [1.29, 1.82) is 0 Å². The average molecular weight is 285 g/mol. The molecule has 0 saturated carbocycles. The van der Waals surface area contributed by atoms with Gasteiger partial charge in [0.1, 0.15) is 5.78 Å². The maximum absolute atomic E-state index is 12.4. The maximum Gasteiger partial charge on any atom is 0.141 e. The number of Topliss-reactive ketones (excluding diaryl/α,β-unsaturated/α-hetero) is 1. The number of rotatable bonds is 8. The van der Waals surface area contributed by atoms with Gasteiger partial charge in [-0.25, -0.2) is 0 Å². The molecular weight excluding hydrogens is 260 g/mol. The Morgan fingerprint density at radius 3 is 2.26 bits per heavy atom. The van der Waals surface area contributed by atoms with Crippen LogP contribution in [-0.2, 0) is 24.7 Å². The van der Waals surface area contributed by atoms with E-state index >= 15 is 0 Å². The van der Waals surface area contributed by atoms with Crippen molar-refractivity contribution in [1.82, 2.24) is 9.78 Å². The zero-order valence-corrected chi connectivity index (χ0v) is 13.3. The number of aryl methyl sites for hydroxylation is 2. The molecule has 1 aromatic heterocycles. The zero-order chi connectivity index (χ0) is 14.4. The van der Waals surface area contributed by atoms with Gasteiger partial charge in [0.05, 0.1) is 22.8 Å². The van der Waals surface area contributed by atoms with E-state index in [-0.39, 0.29) is 5.92 Å². The fraction of sp³-hybridized carbons (Fsp3) is 0.733. The minimum Gasteiger partial charge on any atom is -0.299 e. The Morgan fingerprint density at radius 1 is 1.26 bits per heavy atom. The molecule has 19 heavy (non-hydrogen) atoms. The van der Waals surface area contributed by atoms with E-state index in [1.165, 1.54) is 0 Å². The Labute approximate surface area is 121 Å². The Balaban J connectivity index is 2.83. The molecule has 0 aliphatic carbocycles. The Bertz CT molecular complexity index is 420. The molecule has 0 aliphatic heterocycles. The number of ketones is 1. The molecule has 0 unspecified atom stereocenters. The normalized spacial score (nSPS) is 11.3. The molecule has 0 bridgehead atoms. The summed E-state index contributed by atoms with van der Waals surface area (Å²) in [6.07, 6.45) is 5.26. The first-order chi connectivity index (χ1) is 9.04. The zero-order valence-electron chi connectivity index (χ0n) is 12.5. The summed E-state index contributed by atoms with van der Waals surface area (Å²) in [5, 5.41) is 5.04. The Kier molecular flexibility index (Phi) is 6.56. The van der Waals surface area contributed by atoms with Crippen molar-refractivity contribution < 1.29 is 4.79 Å². The van der Waals surface area contributed by atoms with Gasteiger partial charge in [0, 0.05) is 13.0 Å². The molecule has 0 saturated heterocycles. The average Bonchev–Trinajstić information content (AvgIpc) is 2.65. The van der Waals surface area contributed by atoms with Crippen LogP contribution in [0.4, 0.5) is 0 Å². The summed E-state index contributed by atoms with van der Waals surface area (Å²) in [4.78, 5) is 12.4. The first-order valence-electron chi connectivity index (χ1n) is 7.27. The summed E-state index contributed by atoms with van der Waals surface area (Å²) in [5.41, 5.74) is 1.75. The highest BCUT2D eigenvalue weighted by Crippen LogP contribution is 2.24. The predicted molar refractivity (Wildman–Crippen MR) is 79.6 cm³/mol. The van der Waals surface area contributed by atoms with E-state index in [9.17, 15) is 4.79 Å². The van der Waals surface area contributed by atoms with Crippen molar-refractivity contribution >= 4 is 17.4 Å². The number of nitrogens with zero attached hydrogens (tertiary/aromatic N) is 2. The largest absolute Gasteiger partial charge is 0.299 e. The molecule has 4 heteroatoms. The molecule has 0 aliphatic rings. The second kappa shape index (κ2) is 7.68. The highest BCUT2D eigenvalue weighted by atomic mass is 35.5. The highest BCUT2D eigenvalue weighted by molar-refractivity contribution is 6.32. The second-order valence-corrected chi connectivity index (χ2v) is 5.48. The summed E-state index contributed by atoms with van der Waals surface area (Å²) in [6.45, 7) is 6.28. The molecule has 1 rings (SSSR count). The van der Waals surface area contributed by atoms with Crippen molar-refractivity contribution in [3.05, 3.63) is 16.4 Å². The first kappa shape index (κ1) is 16.2. The second-order valence-electron chi connectivity index (χ2n) is 5.10. The molecule has 0 atom stereocenters. The summed E-state index contributed by atoms with van der Waals surface area (Å²) in [5.74, 6) is 0.474. The van der Waals surface area contributed by atoms with Gasteiger partial charge in [-0.05, 0) is 19.3 Å². The third-order valence-corrected chi connectivity index (χ3v) is 4.01. The van der Waals surface area contributed by atoms with Crippen LogP contribution in [0.2, 0.25) is 5.02 Å². The van der Waals surface area contributed by atoms with Gasteiger partial charge in [-0.1, -0.05) is 45.2 Å². The summed E-state index contributed by atoms with van der Waals surface area (Å²) >= 11 is 6.30. The minimum absolute atomic E-state index is 0.172. The number of hydrogen-bond donors (Lipinski definition) is 0. The smallest absolute Gasteiger partial charge is 0.141 e. The van der Waals surface area contributed by atoms with Crippen LogP contribution >= 0.6 is 11.6 Å². The standard InChI is InChI=1S/C15H25ClN2O/c1-5-8-11(9-6-2)14(19)10-13-15(16)12(7-3)17-18(13)4/h11H,5-10H2,1-4H3. The highest BCUT2D eigenvalue weighted by Gasteiger charge is 2.21. The van der Waals surface area contributed by atoms with E-state index in [0.717, 1.165) is 43.5 Å². The van der Waals surface area contributed by atoms with Crippen LogP contribution in [0.15, 0.2) is 0 Å². The quantitative estimate of drug-likeness (QED) is 0.724. The molecule has 1 heterocycles. The molecule has 0 amide bonds. The molecule has 0 spiro atoms. The van der Waals surface area contributed by atoms with Gasteiger partial charge < -0.3 is 0 Å². The molecule has 3 nitrogen and oxygen atoms in total. The summed E-state index contributed by atoms with van der Waals surface area (Å²) in [6, 6.07) is 0. The number of halogens is 1. The van der Waals surface area contributed by atoms with E-state index in [0.29, 0.717) is 17.2 Å². The molecule has 1 aromatic rings. The first-order valence-corrected chi connectivity index (χ1v) is 7.65. The SMILES string of the molecule is CCCC(CCC)C(=O)Cc1c(Cl)c(CC)nn1C. The van der Waals surface area contributed by atoms with Crippen LogP contribution in [0.25, 0.3) is 0 Å². The van der Waals surface area contributed by atoms with Crippen LogP contribution in [0.5, 0.6) is 0 Å². The van der Waals surface area contributed by atoms with Gasteiger partial charge in [-0.2, -0.15) is 5.10 Å². The third-order valence-electron chi connectivity index (χ3n) is 3.57. The van der Waals surface area contributed by atoms with E-state index in [1.54, 1.807) is 4.68 Å². The third kappa shape index (κ3) is 4.07. The van der Waals surface area contributed by atoms with Gasteiger partial charge in [0.25, 0.3) is 0 Å². The van der Waals surface area contributed by atoms with E-state index in [2.05, 4.69) is 18.9 Å². The monoisotopic (exact) mass is 284 g/mol. The number of aromatic nitrogens is 2. The lowest BCUT2D eigenvalue weighted by Gasteiger charge is -2.14. The maximum atomic E-state index is 12.4. The molecular formula is C15H25ClN2O. The number of carbonyl (C=O) groups is 1. The minimum atomic E-state index is 0.172. The lowest BCUT2D eigenvalue weighted by atomic mass is 9.91. The molecule has 108 valence electrons. The molecule has 0 fully saturated rings. The van der Waals surface area contributed by atoms with Crippen molar-refractivity contribution in [3.63, 3.8) is 0 Å². The van der Waals surface area contributed by atoms with Crippen LogP contribution in [0.1, 0.15) is 57.8 Å². The predicted octanol–water partition coefficient (Wildman–Crippen LogP) is 3.96. The molecule has 0 N–H and O–H groups in total. The number of hydrogen-bond acceptors (Lipinski definition) is 2. The van der Waals surface area contributed by atoms with E-state index < -0.39 is 0 Å². The van der Waals surface area contributed by atoms with E-state index in [1.807, 2.05) is 14.0 Å². The topological polar surface area (TPSA) is 34.9 Å². The molecule has 0 radical (unpaired) electrons. The van der Waals surface area contributed by atoms with Crippen LogP contribution in [-0.4, -0.2) is 15.6 Å². The van der Waals surface area contributed by atoms with Crippen molar-refractivity contribution in [2.45, 2.75) is 59.3 Å². The van der Waals surface area contributed by atoms with Crippen molar-refractivity contribution in [2.75, 3.05) is 0 Å². The van der Waals surface area contributed by atoms with Crippen LogP contribution < -0.4 is 0 Å². The van der Waals surface area contributed by atoms with Crippen LogP contribution in [0.3, 0.4) is 0 Å². The van der Waals surface area contributed by atoms with Crippen molar-refractivity contribution in [2.24, 2.45) is 13.0 Å². The molecule has 0 aromatic carbocycles. The summed E-state index contributed by atoms with van der Waals surface area (Å²) < 4.78 is 1.76. The van der Waals surface area contributed by atoms with Gasteiger partial charge in [0.2, 0.25) is 0 Å². The van der Waals surface area contributed by atoms with E-state index in [4.69, 9.17) is 11.6 Å². The van der Waals surface area contributed by atoms with Crippen LogP contribution in [0, 0.1) is 5.92 Å². The van der Waals surface area contributed by atoms with Gasteiger partial charge in [-0.15, -0.1) is 0 Å². The lowest BCUT2D eigenvalue weighted by Crippen LogP contribution is -2.18. The summed E-state index contributed by atoms with van der Waals surface area (Å²) in [7, 11) is 1.86. The van der Waals surface area contributed by atoms with Gasteiger partial charge in [-0.3, -0.25) is 9.48 Å². The lowest BCUT2D eigenvalue weighted by molar-refractivity contribution is -0.122. The number of carbonyl (C=O) groups excluding carboxylic acids is 1. The Morgan fingerprint density at radius 2 is 1.84 bits per heavy atom. The fourth-order valence-electron chi connectivity index (χ4n) is 2.48. The van der Waals surface area contributed by atoms with Crippen molar-refractivity contribution in [3.8, 4) is 0 Å². The van der Waals surface area contributed by atoms with Gasteiger partial charge in [0.15, 0.2) is 0 Å². The fourth-order valence-corrected chi connectivity index (χ4v) is 2.85. The Hall–Kier alpha value is -0.830.